The fourth-order valence-electron chi connectivity index (χ4n) is 3.50. The molecule has 0 radical (unpaired) electrons. The Bertz CT molecular complexity index is 506. The van der Waals surface area contributed by atoms with Gasteiger partial charge in [0.2, 0.25) is 0 Å². The van der Waals surface area contributed by atoms with Crippen molar-refractivity contribution in [2.45, 2.75) is 51.0 Å². The van der Waals surface area contributed by atoms with Crippen LogP contribution in [0.4, 0.5) is 5.82 Å². The van der Waals surface area contributed by atoms with E-state index in [4.69, 9.17) is 10.5 Å². The summed E-state index contributed by atoms with van der Waals surface area (Å²) in [5.41, 5.74) is 5.39. The number of rotatable bonds is 5. The van der Waals surface area contributed by atoms with Crippen LogP contribution in [0.3, 0.4) is 0 Å². The van der Waals surface area contributed by atoms with Crippen molar-refractivity contribution in [1.82, 2.24) is 10.2 Å². The molecule has 6 nitrogen and oxygen atoms in total. The van der Waals surface area contributed by atoms with Crippen molar-refractivity contribution in [3.05, 3.63) is 17.8 Å². The van der Waals surface area contributed by atoms with Crippen molar-refractivity contribution >= 4 is 11.7 Å². The zero-order chi connectivity index (χ0) is 16.1. The van der Waals surface area contributed by atoms with E-state index in [0.717, 1.165) is 44.3 Å². The fourth-order valence-corrected chi connectivity index (χ4v) is 3.50. The van der Waals surface area contributed by atoms with Crippen LogP contribution in [0.1, 0.15) is 55.4 Å². The number of piperidine rings is 1. The van der Waals surface area contributed by atoms with Gasteiger partial charge in [-0.2, -0.15) is 0 Å². The highest BCUT2D eigenvalue weighted by Gasteiger charge is 2.22. The van der Waals surface area contributed by atoms with Crippen LogP contribution in [0, 0.1) is 5.92 Å². The van der Waals surface area contributed by atoms with E-state index in [0.29, 0.717) is 6.10 Å². The first-order chi connectivity index (χ1) is 11.2. The number of nitrogens with zero attached hydrogens (tertiary/aromatic N) is 3. The molecule has 126 valence electrons. The second-order valence-electron chi connectivity index (χ2n) is 6.66. The minimum atomic E-state index is -0.543. The average molecular weight is 318 g/mol. The van der Waals surface area contributed by atoms with Crippen molar-refractivity contribution in [3.8, 4) is 0 Å². The summed E-state index contributed by atoms with van der Waals surface area (Å²) in [6, 6.07) is 3.45. The lowest BCUT2D eigenvalue weighted by Crippen LogP contribution is -2.38. The molecule has 2 N–H and O–H groups in total. The molecule has 1 aromatic rings. The highest BCUT2D eigenvalue weighted by molar-refractivity contribution is 5.90. The van der Waals surface area contributed by atoms with Gasteiger partial charge >= 0.3 is 0 Å². The lowest BCUT2D eigenvalue weighted by atomic mass is 9.90. The first-order valence-electron chi connectivity index (χ1n) is 8.72. The molecular formula is C17H26N4O2. The summed E-state index contributed by atoms with van der Waals surface area (Å²) < 4.78 is 6.13. The number of amides is 1. The zero-order valence-corrected chi connectivity index (χ0v) is 13.6. The third-order valence-electron chi connectivity index (χ3n) is 4.96. The first-order valence-corrected chi connectivity index (χ1v) is 8.72. The molecule has 2 aliphatic rings. The number of hydrogen-bond donors (Lipinski definition) is 1. The van der Waals surface area contributed by atoms with Gasteiger partial charge in [-0.1, -0.05) is 19.3 Å². The summed E-state index contributed by atoms with van der Waals surface area (Å²) in [5.74, 6) is 1.04. The molecule has 23 heavy (non-hydrogen) atoms. The minimum Gasteiger partial charge on any atom is -0.378 e. The molecule has 0 spiro atoms. The van der Waals surface area contributed by atoms with Gasteiger partial charge in [0.15, 0.2) is 11.5 Å². The van der Waals surface area contributed by atoms with Crippen LogP contribution in [0.25, 0.3) is 0 Å². The average Bonchev–Trinajstić information content (AvgIpc) is 2.61. The first kappa shape index (κ1) is 16.2. The Labute approximate surface area is 137 Å². The van der Waals surface area contributed by atoms with Crippen LogP contribution < -0.4 is 10.6 Å². The molecule has 0 atom stereocenters. The Hall–Kier alpha value is -1.69. The van der Waals surface area contributed by atoms with Gasteiger partial charge < -0.3 is 15.4 Å². The monoisotopic (exact) mass is 318 g/mol. The van der Waals surface area contributed by atoms with Crippen LogP contribution in [-0.4, -0.2) is 41.9 Å². The van der Waals surface area contributed by atoms with E-state index in [1.54, 1.807) is 6.07 Å². The number of carbonyl (C=O) groups excluding carboxylic acids is 1. The maximum absolute atomic E-state index is 11.0. The zero-order valence-electron chi connectivity index (χ0n) is 13.6. The lowest BCUT2D eigenvalue weighted by molar-refractivity contribution is 0.00802. The molecule has 0 bridgehead atoms. The molecule has 6 heteroatoms. The standard InChI is InChI=1S/C17H26N4O2/c18-17(22)15-6-7-16(20-19-15)21-10-8-14(9-11-21)23-12-13-4-2-1-3-5-13/h6-7,13-14H,1-5,8-12H2,(H2,18,22). The van der Waals surface area contributed by atoms with E-state index in [2.05, 4.69) is 15.1 Å². The molecule has 0 unspecified atom stereocenters. The van der Waals surface area contributed by atoms with Gasteiger partial charge in [-0.25, -0.2) is 0 Å². The Morgan fingerprint density at radius 1 is 1.13 bits per heavy atom. The number of anilines is 1. The maximum Gasteiger partial charge on any atom is 0.269 e. The molecule has 1 aliphatic heterocycles. The summed E-state index contributed by atoms with van der Waals surface area (Å²) >= 11 is 0. The van der Waals surface area contributed by atoms with E-state index >= 15 is 0 Å². The third kappa shape index (κ3) is 4.41. The highest BCUT2D eigenvalue weighted by atomic mass is 16.5. The second-order valence-corrected chi connectivity index (χ2v) is 6.66. The Morgan fingerprint density at radius 3 is 2.48 bits per heavy atom. The molecule has 1 aliphatic carbocycles. The Balaban J connectivity index is 1.43. The molecule has 2 heterocycles. The van der Waals surface area contributed by atoms with Gasteiger partial charge in [0.25, 0.3) is 5.91 Å². The molecule has 1 saturated heterocycles. The highest BCUT2D eigenvalue weighted by Crippen LogP contribution is 2.25. The quantitative estimate of drug-likeness (QED) is 0.899. The number of hydrogen-bond acceptors (Lipinski definition) is 5. The third-order valence-corrected chi connectivity index (χ3v) is 4.96. The van der Waals surface area contributed by atoms with Crippen LogP contribution in [0.15, 0.2) is 12.1 Å². The lowest BCUT2D eigenvalue weighted by Gasteiger charge is -2.33. The molecule has 2 fully saturated rings. The van der Waals surface area contributed by atoms with Crippen molar-refractivity contribution in [1.29, 1.82) is 0 Å². The Morgan fingerprint density at radius 2 is 1.87 bits per heavy atom. The van der Waals surface area contributed by atoms with Crippen LogP contribution in [0.2, 0.25) is 0 Å². The molecular weight excluding hydrogens is 292 g/mol. The summed E-state index contributed by atoms with van der Waals surface area (Å²) in [6.07, 6.45) is 9.20. The summed E-state index contributed by atoms with van der Waals surface area (Å²) in [7, 11) is 0. The van der Waals surface area contributed by atoms with Crippen molar-refractivity contribution in [3.63, 3.8) is 0 Å². The molecule has 3 rings (SSSR count). The van der Waals surface area contributed by atoms with Crippen molar-refractivity contribution in [2.75, 3.05) is 24.6 Å². The van der Waals surface area contributed by atoms with Crippen LogP contribution >= 0.6 is 0 Å². The predicted molar refractivity (Wildman–Crippen MR) is 88.3 cm³/mol. The van der Waals surface area contributed by atoms with E-state index in [-0.39, 0.29) is 5.69 Å². The smallest absolute Gasteiger partial charge is 0.269 e. The Kier molecular flexibility index (Phi) is 5.43. The second kappa shape index (κ2) is 7.73. The number of nitrogens with two attached hydrogens (primary N) is 1. The number of ether oxygens (including phenoxy) is 1. The topological polar surface area (TPSA) is 81.3 Å². The summed E-state index contributed by atoms with van der Waals surface area (Å²) in [5, 5.41) is 7.97. The maximum atomic E-state index is 11.0. The van der Waals surface area contributed by atoms with Crippen molar-refractivity contribution < 1.29 is 9.53 Å². The van der Waals surface area contributed by atoms with Crippen molar-refractivity contribution in [2.24, 2.45) is 11.7 Å². The van der Waals surface area contributed by atoms with E-state index in [1.165, 1.54) is 32.1 Å². The molecule has 1 aromatic heterocycles. The molecule has 1 saturated carbocycles. The summed E-state index contributed by atoms with van der Waals surface area (Å²) in [4.78, 5) is 13.2. The van der Waals surface area contributed by atoms with E-state index < -0.39 is 5.91 Å². The molecule has 1 amide bonds. The summed E-state index contributed by atoms with van der Waals surface area (Å²) in [6.45, 7) is 2.76. The predicted octanol–water partition coefficient (Wildman–Crippen LogP) is 2.14. The van der Waals surface area contributed by atoms with Crippen LogP contribution in [-0.2, 0) is 4.74 Å². The fraction of sp³-hybridized carbons (Fsp3) is 0.706. The van der Waals surface area contributed by atoms with E-state index in [9.17, 15) is 4.79 Å². The molecule has 0 aromatic carbocycles. The normalized spacial score (nSPS) is 20.6. The van der Waals surface area contributed by atoms with Gasteiger partial charge in [-0.15, -0.1) is 10.2 Å². The van der Waals surface area contributed by atoms with Gasteiger partial charge in [0.1, 0.15) is 0 Å². The van der Waals surface area contributed by atoms with Gasteiger partial charge in [-0.3, -0.25) is 4.79 Å². The SMILES string of the molecule is NC(=O)c1ccc(N2CCC(OCC3CCCCC3)CC2)nn1. The largest absolute Gasteiger partial charge is 0.378 e. The number of aromatic nitrogens is 2. The number of primary amides is 1. The van der Waals surface area contributed by atoms with Gasteiger partial charge in [-0.05, 0) is 43.7 Å². The minimum absolute atomic E-state index is 0.208. The number of carbonyl (C=O) groups is 1. The van der Waals surface area contributed by atoms with Crippen LogP contribution in [0.5, 0.6) is 0 Å². The van der Waals surface area contributed by atoms with Gasteiger partial charge in [0, 0.05) is 19.7 Å². The van der Waals surface area contributed by atoms with Gasteiger partial charge in [0.05, 0.1) is 6.10 Å². The van der Waals surface area contributed by atoms with E-state index in [1.807, 2.05) is 6.07 Å².